The Morgan fingerprint density at radius 2 is 1.88 bits per heavy atom. The lowest BCUT2D eigenvalue weighted by Crippen LogP contribution is -2.24. The summed E-state index contributed by atoms with van der Waals surface area (Å²) in [6, 6.07) is 7.09. The number of primary amides is 1. The Morgan fingerprint density at radius 1 is 1.15 bits per heavy atom. The van der Waals surface area contributed by atoms with E-state index in [-0.39, 0.29) is 35.0 Å². The molecule has 0 atom stereocenters. The maximum atomic E-state index is 14.7. The molecule has 4 rings (SSSR count). The smallest absolute Gasteiger partial charge is 0.350 e. The van der Waals surface area contributed by atoms with Crippen molar-refractivity contribution < 1.29 is 22.7 Å². The van der Waals surface area contributed by atoms with E-state index in [0.717, 1.165) is 45.1 Å². The quantitative estimate of drug-likeness (QED) is 0.442. The minimum atomic E-state index is -0.801. The van der Waals surface area contributed by atoms with Crippen molar-refractivity contribution in [3.63, 3.8) is 0 Å². The molecule has 2 aromatic heterocycles. The van der Waals surface area contributed by atoms with Gasteiger partial charge in [0.25, 0.3) is 0 Å². The topological polar surface area (TPSA) is 105 Å². The van der Waals surface area contributed by atoms with Gasteiger partial charge in [0.1, 0.15) is 23.7 Å². The number of benzene rings is 2. The molecule has 33 heavy (non-hydrogen) atoms. The molecular formula is C21H16F3N5O3S. The van der Waals surface area contributed by atoms with E-state index in [2.05, 4.69) is 10.1 Å². The van der Waals surface area contributed by atoms with Crippen LogP contribution in [0.25, 0.3) is 5.69 Å². The van der Waals surface area contributed by atoms with Gasteiger partial charge in [-0.2, -0.15) is 9.78 Å². The van der Waals surface area contributed by atoms with Crippen molar-refractivity contribution in [3.8, 4) is 16.5 Å². The van der Waals surface area contributed by atoms with Crippen molar-refractivity contribution >= 4 is 17.2 Å². The Kier molecular flexibility index (Phi) is 6.01. The number of halogens is 3. The van der Waals surface area contributed by atoms with Crippen LogP contribution in [-0.4, -0.2) is 25.2 Å². The van der Waals surface area contributed by atoms with Crippen LogP contribution in [0.5, 0.6) is 10.8 Å². The number of amides is 1. The predicted molar refractivity (Wildman–Crippen MR) is 113 cm³/mol. The molecule has 8 nitrogen and oxygen atoms in total. The Bertz CT molecular complexity index is 1390. The third-order valence-corrected chi connectivity index (χ3v) is 5.49. The van der Waals surface area contributed by atoms with Crippen molar-refractivity contribution in [1.29, 1.82) is 0 Å². The standard InChI is InChI=1S/C21H16F3N5O3S/c1-11-27-17(8-19(25)30)20(33-11)32-18-6-5-12(7-16(18)24)29-21(31)28(10-26-29)9-13-14(22)3-2-4-15(13)23/h2-7,10H,8-9H2,1H3,(H2,25,30). The molecule has 0 unspecified atom stereocenters. The summed E-state index contributed by atoms with van der Waals surface area (Å²) in [5, 5.41) is 4.74. The molecule has 0 saturated carbocycles. The first-order valence-corrected chi connectivity index (χ1v) is 10.3. The molecule has 0 fully saturated rings. The molecule has 0 aliphatic carbocycles. The zero-order valence-electron chi connectivity index (χ0n) is 17.1. The second-order valence-corrected chi connectivity index (χ2v) is 8.15. The first-order valence-electron chi connectivity index (χ1n) is 9.52. The number of rotatable bonds is 7. The third-order valence-electron chi connectivity index (χ3n) is 4.60. The van der Waals surface area contributed by atoms with Crippen molar-refractivity contribution in [1.82, 2.24) is 19.3 Å². The number of nitrogens with two attached hydrogens (primary N) is 1. The van der Waals surface area contributed by atoms with Crippen LogP contribution in [0.4, 0.5) is 13.2 Å². The van der Waals surface area contributed by atoms with Gasteiger partial charge in [-0.15, -0.1) is 0 Å². The van der Waals surface area contributed by atoms with Crippen LogP contribution in [-0.2, 0) is 17.8 Å². The lowest BCUT2D eigenvalue weighted by molar-refractivity contribution is -0.117. The molecular weight excluding hydrogens is 459 g/mol. The average molecular weight is 475 g/mol. The molecule has 0 aliphatic heterocycles. The summed E-state index contributed by atoms with van der Waals surface area (Å²) in [5.74, 6) is -3.15. The van der Waals surface area contributed by atoms with E-state index >= 15 is 0 Å². The molecule has 0 bridgehead atoms. The normalized spacial score (nSPS) is 11.0. The minimum Gasteiger partial charge on any atom is -0.442 e. The second kappa shape index (κ2) is 8.90. The lowest BCUT2D eigenvalue weighted by Gasteiger charge is -2.08. The molecule has 2 heterocycles. The van der Waals surface area contributed by atoms with Crippen LogP contribution in [0.2, 0.25) is 0 Å². The number of ether oxygens (including phenoxy) is 1. The van der Waals surface area contributed by atoms with Crippen molar-refractivity contribution in [2.45, 2.75) is 19.9 Å². The predicted octanol–water partition coefficient (Wildman–Crippen LogP) is 3.08. The van der Waals surface area contributed by atoms with Crippen LogP contribution in [0.1, 0.15) is 16.3 Å². The van der Waals surface area contributed by atoms with Gasteiger partial charge in [0.05, 0.1) is 23.7 Å². The van der Waals surface area contributed by atoms with Gasteiger partial charge in [-0.25, -0.2) is 22.9 Å². The highest BCUT2D eigenvalue weighted by molar-refractivity contribution is 7.13. The summed E-state index contributed by atoms with van der Waals surface area (Å²) in [4.78, 5) is 28.0. The van der Waals surface area contributed by atoms with Gasteiger partial charge in [-0.05, 0) is 31.2 Å². The highest BCUT2D eigenvalue weighted by Gasteiger charge is 2.18. The monoisotopic (exact) mass is 475 g/mol. The minimum absolute atomic E-state index is 0.0791. The number of carbonyl (C=O) groups excluding carboxylic acids is 1. The highest BCUT2D eigenvalue weighted by atomic mass is 32.1. The molecule has 0 saturated heterocycles. The van der Waals surface area contributed by atoms with Gasteiger partial charge in [0.2, 0.25) is 11.0 Å². The summed E-state index contributed by atoms with van der Waals surface area (Å²) in [7, 11) is 0. The van der Waals surface area contributed by atoms with Crippen LogP contribution in [0.15, 0.2) is 47.5 Å². The Hall–Kier alpha value is -3.93. The van der Waals surface area contributed by atoms with Gasteiger partial charge in [-0.3, -0.25) is 9.36 Å². The fourth-order valence-electron chi connectivity index (χ4n) is 3.09. The van der Waals surface area contributed by atoms with E-state index in [1.54, 1.807) is 6.92 Å². The fourth-order valence-corrected chi connectivity index (χ4v) is 3.88. The number of thiazole rings is 1. The van der Waals surface area contributed by atoms with Crippen molar-refractivity contribution in [3.05, 3.63) is 86.9 Å². The summed E-state index contributed by atoms with van der Waals surface area (Å²) >= 11 is 1.13. The number of aryl methyl sites for hydroxylation is 1. The summed E-state index contributed by atoms with van der Waals surface area (Å²) in [6.07, 6.45) is 0.946. The molecule has 12 heteroatoms. The van der Waals surface area contributed by atoms with Gasteiger partial charge in [0.15, 0.2) is 11.6 Å². The SMILES string of the molecule is Cc1nc(CC(N)=O)c(Oc2ccc(-n3ncn(Cc4c(F)cccc4F)c3=O)cc2F)s1. The van der Waals surface area contributed by atoms with Crippen LogP contribution in [0, 0.1) is 24.4 Å². The van der Waals surface area contributed by atoms with Crippen LogP contribution >= 0.6 is 11.3 Å². The molecule has 2 aromatic carbocycles. The summed E-state index contributed by atoms with van der Waals surface area (Å²) in [5.41, 5.74) is 4.57. The number of nitrogens with zero attached hydrogens (tertiary/aromatic N) is 4. The van der Waals surface area contributed by atoms with Gasteiger partial charge in [-0.1, -0.05) is 17.4 Å². The third kappa shape index (κ3) is 4.65. The molecule has 0 aliphatic rings. The maximum absolute atomic E-state index is 14.7. The zero-order valence-corrected chi connectivity index (χ0v) is 17.9. The van der Waals surface area contributed by atoms with E-state index in [1.807, 2.05) is 0 Å². The molecule has 1 amide bonds. The number of carbonyl (C=O) groups is 1. The molecule has 4 aromatic rings. The van der Waals surface area contributed by atoms with Crippen LogP contribution < -0.4 is 16.2 Å². The highest BCUT2D eigenvalue weighted by Crippen LogP contribution is 2.33. The molecule has 0 radical (unpaired) electrons. The fraction of sp³-hybridized carbons (Fsp3) is 0.143. The van der Waals surface area contributed by atoms with Crippen LogP contribution in [0.3, 0.4) is 0 Å². The van der Waals surface area contributed by atoms with E-state index in [9.17, 15) is 22.8 Å². The summed E-state index contributed by atoms with van der Waals surface area (Å²) < 4.78 is 50.0. The Balaban J connectivity index is 1.59. The van der Waals surface area contributed by atoms with Crippen molar-refractivity contribution in [2.24, 2.45) is 5.73 Å². The largest absolute Gasteiger partial charge is 0.442 e. The molecule has 0 spiro atoms. The lowest BCUT2D eigenvalue weighted by atomic mass is 10.2. The van der Waals surface area contributed by atoms with E-state index in [4.69, 9.17) is 10.5 Å². The Morgan fingerprint density at radius 3 is 2.55 bits per heavy atom. The van der Waals surface area contributed by atoms with E-state index in [0.29, 0.717) is 10.7 Å². The van der Waals surface area contributed by atoms with E-state index in [1.165, 1.54) is 18.2 Å². The molecule has 2 N–H and O–H groups in total. The first-order chi connectivity index (χ1) is 15.7. The Labute approximate surface area is 188 Å². The maximum Gasteiger partial charge on any atom is 0.350 e. The number of hydrogen-bond donors (Lipinski definition) is 1. The summed E-state index contributed by atoms with van der Waals surface area (Å²) in [6.45, 7) is 1.33. The second-order valence-electron chi connectivity index (χ2n) is 6.98. The van der Waals surface area contributed by atoms with Crippen molar-refractivity contribution in [2.75, 3.05) is 0 Å². The van der Waals surface area contributed by atoms with E-state index < -0.39 is 29.0 Å². The zero-order chi connectivity index (χ0) is 23.7. The van der Waals surface area contributed by atoms with Gasteiger partial charge < -0.3 is 10.5 Å². The molecule has 170 valence electrons. The number of hydrogen-bond acceptors (Lipinski definition) is 6. The van der Waals surface area contributed by atoms with Gasteiger partial charge >= 0.3 is 5.69 Å². The first kappa shape index (κ1) is 22.3. The number of aromatic nitrogens is 4. The van der Waals surface area contributed by atoms with Gasteiger partial charge in [0, 0.05) is 11.6 Å². The average Bonchev–Trinajstić information content (AvgIpc) is 3.27.